The third-order valence-electron chi connectivity index (χ3n) is 5.43. The zero-order valence-electron chi connectivity index (χ0n) is 21.1. The van der Waals surface area contributed by atoms with E-state index in [4.69, 9.17) is 9.15 Å². The van der Waals surface area contributed by atoms with Crippen molar-refractivity contribution in [1.29, 1.82) is 5.26 Å². The number of alkyl carbamates (subject to hydrolysis) is 1. The number of rotatable bonds is 15. The fourth-order valence-electron chi connectivity index (χ4n) is 3.53. The summed E-state index contributed by atoms with van der Waals surface area (Å²) >= 11 is 1.44. The number of nitriles is 1. The zero-order chi connectivity index (χ0) is 26.3. The Bertz CT molecular complexity index is 1020. The molecule has 194 valence electrons. The second-order valence-corrected chi connectivity index (χ2v) is 9.90. The van der Waals surface area contributed by atoms with Crippen molar-refractivity contribution < 1.29 is 23.5 Å². The second-order valence-electron chi connectivity index (χ2n) is 8.91. The summed E-state index contributed by atoms with van der Waals surface area (Å²) in [5.41, 5.74) is 1.00. The van der Waals surface area contributed by atoms with Crippen molar-refractivity contribution >= 4 is 29.5 Å². The lowest BCUT2D eigenvalue weighted by molar-refractivity contribution is -0.128. The molecule has 2 rings (SSSR count). The van der Waals surface area contributed by atoms with Gasteiger partial charge < -0.3 is 19.8 Å². The molecule has 36 heavy (non-hydrogen) atoms. The number of Topliss-reactive ketones (excluding diaryl/α,β-unsaturated/α-hetero) is 1. The van der Waals surface area contributed by atoms with Crippen LogP contribution in [0.5, 0.6) is 0 Å². The SMILES string of the molecule is CCCCC(NC(=O)C(CC(C)C)NC(=O)OCc1ccccc1C#N)C(=O)CSCc1ccco1. The molecule has 0 radical (unpaired) electrons. The summed E-state index contributed by atoms with van der Waals surface area (Å²) in [7, 11) is 0. The van der Waals surface area contributed by atoms with Gasteiger partial charge >= 0.3 is 6.09 Å². The van der Waals surface area contributed by atoms with E-state index in [1.54, 1.807) is 36.6 Å². The van der Waals surface area contributed by atoms with Gasteiger partial charge in [0.2, 0.25) is 5.91 Å². The van der Waals surface area contributed by atoms with Crippen LogP contribution in [-0.4, -0.2) is 35.6 Å². The minimum atomic E-state index is -0.851. The molecule has 0 spiro atoms. The maximum atomic E-state index is 13.1. The predicted molar refractivity (Wildman–Crippen MR) is 139 cm³/mol. The van der Waals surface area contributed by atoms with Gasteiger partial charge in [-0.1, -0.05) is 51.8 Å². The van der Waals surface area contributed by atoms with E-state index >= 15 is 0 Å². The Balaban J connectivity index is 1.97. The molecule has 2 atom stereocenters. The summed E-state index contributed by atoms with van der Waals surface area (Å²) in [5, 5.41) is 14.7. The molecule has 0 aliphatic rings. The molecule has 2 unspecified atom stereocenters. The molecular formula is C27H35N3O5S. The van der Waals surface area contributed by atoms with Gasteiger partial charge in [-0.2, -0.15) is 5.26 Å². The first kappa shape index (κ1) is 29.0. The maximum Gasteiger partial charge on any atom is 0.408 e. The Hall–Kier alpha value is -3.25. The molecule has 0 saturated carbocycles. The molecule has 0 saturated heterocycles. The smallest absolute Gasteiger partial charge is 0.408 e. The van der Waals surface area contributed by atoms with Crippen LogP contribution in [0, 0.1) is 17.2 Å². The minimum Gasteiger partial charge on any atom is -0.468 e. The van der Waals surface area contributed by atoms with Crippen molar-refractivity contribution in [1.82, 2.24) is 10.6 Å². The first-order chi connectivity index (χ1) is 17.3. The number of ketones is 1. The molecule has 0 aliphatic heterocycles. The van der Waals surface area contributed by atoms with Gasteiger partial charge in [-0.25, -0.2) is 4.79 Å². The van der Waals surface area contributed by atoms with Crippen LogP contribution in [0.15, 0.2) is 47.1 Å². The van der Waals surface area contributed by atoms with Crippen molar-refractivity contribution in [2.24, 2.45) is 5.92 Å². The number of hydrogen-bond acceptors (Lipinski definition) is 7. The van der Waals surface area contributed by atoms with Crippen LogP contribution in [0.4, 0.5) is 4.79 Å². The number of carbonyl (C=O) groups excluding carboxylic acids is 3. The van der Waals surface area contributed by atoms with Gasteiger partial charge in [0, 0.05) is 5.56 Å². The quantitative estimate of drug-likeness (QED) is 0.345. The van der Waals surface area contributed by atoms with Crippen LogP contribution in [0.2, 0.25) is 0 Å². The average molecular weight is 514 g/mol. The van der Waals surface area contributed by atoms with E-state index in [1.807, 2.05) is 26.8 Å². The van der Waals surface area contributed by atoms with Crippen LogP contribution in [0.3, 0.4) is 0 Å². The fourth-order valence-corrected chi connectivity index (χ4v) is 4.40. The normalized spacial score (nSPS) is 12.4. The summed E-state index contributed by atoms with van der Waals surface area (Å²) in [6, 6.07) is 11.1. The van der Waals surface area contributed by atoms with Crippen LogP contribution < -0.4 is 10.6 Å². The number of ether oxygens (including phenoxy) is 1. The zero-order valence-corrected chi connectivity index (χ0v) is 21.9. The molecule has 2 N–H and O–H groups in total. The highest BCUT2D eigenvalue weighted by atomic mass is 32.2. The number of carbonyl (C=O) groups is 3. The number of nitrogens with one attached hydrogen (secondary N) is 2. The Labute approximate surface area is 217 Å². The summed E-state index contributed by atoms with van der Waals surface area (Å²) < 4.78 is 10.6. The van der Waals surface area contributed by atoms with Gasteiger partial charge in [-0.3, -0.25) is 9.59 Å². The van der Waals surface area contributed by atoms with Gasteiger partial charge in [-0.15, -0.1) is 11.8 Å². The Morgan fingerprint density at radius 1 is 1.11 bits per heavy atom. The summed E-state index contributed by atoms with van der Waals surface area (Å²) in [5.74, 6) is 1.26. The van der Waals surface area contributed by atoms with Crippen LogP contribution in [0.25, 0.3) is 0 Å². The number of hydrogen-bond donors (Lipinski definition) is 2. The molecule has 1 aromatic heterocycles. The van der Waals surface area contributed by atoms with E-state index in [2.05, 4.69) is 16.7 Å². The van der Waals surface area contributed by atoms with E-state index in [0.29, 0.717) is 29.7 Å². The monoisotopic (exact) mass is 513 g/mol. The van der Waals surface area contributed by atoms with Crippen LogP contribution >= 0.6 is 11.8 Å². The van der Waals surface area contributed by atoms with E-state index in [1.165, 1.54) is 11.8 Å². The van der Waals surface area contributed by atoms with Crippen LogP contribution in [-0.2, 0) is 26.7 Å². The third kappa shape index (κ3) is 10.2. The van der Waals surface area contributed by atoms with Crippen molar-refractivity contribution in [3.8, 4) is 6.07 Å². The molecule has 0 aliphatic carbocycles. The van der Waals surface area contributed by atoms with Gasteiger partial charge in [-0.05, 0) is 37.0 Å². The highest BCUT2D eigenvalue weighted by molar-refractivity contribution is 7.99. The topological polar surface area (TPSA) is 121 Å². The van der Waals surface area contributed by atoms with Crippen molar-refractivity contribution in [2.45, 2.75) is 70.9 Å². The minimum absolute atomic E-state index is 0.0626. The Morgan fingerprint density at radius 2 is 1.89 bits per heavy atom. The molecule has 1 aromatic carbocycles. The average Bonchev–Trinajstić information content (AvgIpc) is 3.38. The van der Waals surface area contributed by atoms with E-state index in [0.717, 1.165) is 18.6 Å². The van der Waals surface area contributed by atoms with E-state index in [-0.39, 0.29) is 24.1 Å². The number of furan rings is 1. The first-order valence-electron chi connectivity index (χ1n) is 12.2. The lowest BCUT2D eigenvalue weighted by atomic mass is 10.0. The van der Waals surface area contributed by atoms with Crippen LogP contribution in [0.1, 0.15) is 63.3 Å². The first-order valence-corrected chi connectivity index (χ1v) is 13.3. The molecule has 9 heteroatoms. The Kier molecular flexibility index (Phi) is 12.6. The van der Waals surface area contributed by atoms with Gasteiger partial charge in [0.15, 0.2) is 5.78 Å². The lowest BCUT2D eigenvalue weighted by Crippen LogP contribution is -2.52. The van der Waals surface area contributed by atoms with Gasteiger partial charge in [0.25, 0.3) is 0 Å². The molecule has 2 aromatic rings. The van der Waals surface area contributed by atoms with Crippen molar-refractivity contribution in [3.63, 3.8) is 0 Å². The number of nitrogens with zero attached hydrogens (tertiary/aromatic N) is 1. The number of amides is 2. The molecule has 0 fully saturated rings. The molecule has 1 heterocycles. The third-order valence-corrected chi connectivity index (χ3v) is 6.41. The van der Waals surface area contributed by atoms with E-state index in [9.17, 15) is 19.6 Å². The number of thioether (sulfide) groups is 1. The predicted octanol–water partition coefficient (Wildman–Crippen LogP) is 4.97. The summed E-state index contributed by atoms with van der Waals surface area (Å²) in [6.45, 7) is 5.83. The maximum absolute atomic E-state index is 13.1. The highest BCUT2D eigenvalue weighted by Crippen LogP contribution is 2.15. The molecule has 2 amide bonds. The molecular weight excluding hydrogens is 478 g/mol. The second kappa shape index (κ2) is 15.7. The lowest BCUT2D eigenvalue weighted by Gasteiger charge is -2.24. The summed E-state index contributed by atoms with van der Waals surface area (Å²) in [6.07, 6.45) is 3.45. The molecule has 8 nitrogen and oxygen atoms in total. The van der Waals surface area contributed by atoms with Crippen molar-refractivity contribution in [3.05, 3.63) is 59.5 Å². The van der Waals surface area contributed by atoms with Gasteiger partial charge in [0.05, 0.1) is 35.4 Å². The van der Waals surface area contributed by atoms with E-state index < -0.39 is 24.1 Å². The number of benzene rings is 1. The fraction of sp³-hybridized carbons (Fsp3) is 0.481. The summed E-state index contributed by atoms with van der Waals surface area (Å²) in [4.78, 5) is 38.5. The number of unbranched alkanes of at least 4 members (excludes halogenated alkanes) is 1. The Morgan fingerprint density at radius 3 is 2.56 bits per heavy atom. The van der Waals surface area contributed by atoms with Gasteiger partial charge in [0.1, 0.15) is 18.4 Å². The van der Waals surface area contributed by atoms with Crippen molar-refractivity contribution in [2.75, 3.05) is 5.75 Å². The highest BCUT2D eigenvalue weighted by Gasteiger charge is 2.27. The standard InChI is InChI=1S/C27H35N3O5S/c1-4-5-12-23(25(31)18-36-17-22-11-8-13-34-22)29-26(32)24(14-19(2)3)30-27(33)35-16-21-10-7-6-9-20(21)15-28/h6-11,13,19,23-24H,4-5,12,14,16-18H2,1-3H3,(H,29,32)(H,30,33). The molecule has 0 bridgehead atoms. The largest absolute Gasteiger partial charge is 0.468 e.